The summed E-state index contributed by atoms with van der Waals surface area (Å²) in [6.45, 7) is 2.94. The molecule has 0 spiro atoms. The number of rotatable bonds is 8. The highest BCUT2D eigenvalue weighted by atomic mass is 32.2. The van der Waals surface area contributed by atoms with Gasteiger partial charge in [-0.3, -0.25) is 19.2 Å². The van der Waals surface area contributed by atoms with Crippen LogP contribution in [0.1, 0.15) is 25.3 Å². The van der Waals surface area contributed by atoms with Gasteiger partial charge in [-0.1, -0.05) is 36.4 Å². The number of nitro groups is 1. The highest BCUT2D eigenvalue weighted by Crippen LogP contribution is 2.34. The van der Waals surface area contributed by atoms with Gasteiger partial charge in [0.15, 0.2) is 0 Å². The highest BCUT2D eigenvalue weighted by molar-refractivity contribution is 7.92. The predicted molar refractivity (Wildman–Crippen MR) is 121 cm³/mol. The molecule has 1 aliphatic heterocycles. The second-order valence-electron chi connectivity index (χ2n) is 7.99. The van der Waals surface area contributed by atoms with E-state index < -0.39 is 26.9 Å². The van der Waals surface area contributed by atoms with Gasteiger partial charge in [-0.2, -0.15) is 0 Å². The van der Waals surface area contributed by atoms with E-state index in [0.29, 0.717) is 19.8 Å². The molecule has 172 valence electrons. The Labute approximate surface area is 187 Å². The van der Waals surface area contributed by atoms with Crippen molar-refractivity contribution < 1.29 is 22.9 Å². The van der Waals surface area contributed by atoms with E-state index in [1.165, 1.54) is 25.1 Å². The van der Waals surface area contributed by atoms with Gasteiger partial charge in [0.25, 0.3) is 5.69 Å². The molecule has 1 fully saturated rings. The molecular weight excluding hydrogens is 434 g/mol. The number of carbonyl (C=O) groups excluding carboxylic acids is 1. The van der Waals surface area contributed by atoms with E-state index in [4.69, 9.17) is 4.74 Å². The minimum atomic E-state index is -3.89. The van der Waals surface area contributed by atoms with Crippen molar-refractivity contribution >= 4 is 27.3 Å². The number of carbonyl (C=O) groups is 1. The van der Waals surface area contributed by atoms with E-state index in [-0.39, 0.29) is 16.8 Å². The third-order valence-corrected chi connectivity index (χ3v) is 7.06. The van der Waals surface area contributed by atoms with E-state index in [9.17, 15) is 23.3 Å². The van der Waals surface area contributed by atoms with Gasteiger partial charge in [-0.25, -0.2) is 8.42 Å². The number of hydrogen-bond donors (Lipinski definition) is 1. The van der Waals surface area contributed by atoms with E-state index in [1.54, 1.807) is 0 Å². The average Bonchev–Trinajstić information content (AvgIpc) is 2.78. The minimum absolute atomic E-state index is 0.0631. The van der Waals surface area contributed by atoms with Gasteiger partial charge < -0.3 is 10.1 Å². The molecule has 2 aromatic carbocycles. The maximum Gasteiger partial charge on any atom is 0.271 e. The Morgan fingerprint density at radius 1 is 1.19 bits per heavy atom. The van der Waals surface area contributed by atoms with E-state index in [2.05, 4.69) is 5.32 Å². The maximum absolute atomic E-state index is 13.1. The molecule has 0 unspecified atom stereocenters. The monoisotopic (exact) mass is 461 g/mol. The van der Waals surface area contributed by atoms with Crippen LogP contribution in [0.4, 0.5) is 11.4 Å². The smallest absolute Gasteiger partial charge is 0.271 e. The topological polar surface area (TPSA) is 119 Å². The Bertz CT molecular complexity index is 1070. The van der Waals surface area contributed by atoms with Crippen LogP contribution in [0.2, 0.25) is 0 Å². The summed E-state index contributed by atoms with van der Waals surface area (Å²) < 4.78 is 31.4. The summed E-state index contributed by atoms with van der Waals surface area (Å²) in [6, 6.07) is 14.0. The number of hydrogen-bond acceptors (Lipinski definition) is 6. The molecular formula is C22H27N3O6S. The molecule has 3 rings (SSSR count). The first kappa shape index (κ1) is 23.7. The van der Waals surface area contributed by atoms with Gasteiger partial charge in [0.1, 0.15) is 6.04 Å². The van der Waals surface area contributed by atoms with Crippen molar-refractivity contribution in [2.24, 2.45) is 0 Å². The van der Waals surface area contributed by atoms with Crippen molar-refractivity contribution in [3.63, 3.8) is 0 Å². The number of benzene rings is 2. The van der Waals surface area contributed by atoms with Crippen LogP contribution >= 0.6 is 0 Å². The molecule has 1 N–H and O–H groups in total. The molecule has 1 saturated heterocycles. The fraction of sp³-hybridized carbons (Fsp3) is 0.409. The summed E-state index contributed by atoms with van der Waals surface area (Å²) in [5, 5.41) is 14.0. The third kappa shape index (κ3) is 5.25. The summed E-state index contributed by atoms with van der Waals surface area (Å²) in [5.74, 6) is -0.483. The second-order valence-corrected chi connectivity index (χ2v) is 9.85. The molecule has 0 radical (unpaired) electrons. The van der Waals surface area contributed by atoms with E-state index in [1.807, 2.05) is 30.3 Å². The standard InChI is InChI=1S/C22H27N3O6S/c1-17(24(32(2,29)30)19-9-6-10-20(15-19)25(27)28)21(26)23-16-22(11-13-31-14-12-22)18-7-4-3-5-8-18/h3-10,15,17H,11-14,16H2,1-2H3,(H,23,26)/t17-/m0/s1. The van der Waals surface area contributed by atoms with Gasteiger partial charge in [0.2, 0.25) is 15.9 Å². The van der Waals surface area contributed by atoms with Crippen molar-refractivity contribution in [3.8, 4) is 0 Å². The van der Waals surface area contributed by atoms with Crippen LogP contribution in [-0.2, 0) is 25.0 Å². The van der Waals surface area contributed by atoms with Crippen molar-refractivity contribution in [2.45, 2.75) is 31.2 Å². The number of ether oxygens (including phenoxy) is 1. The van der Waals surface area contributed by atoms with E-state index in [0.717, 1.165) is 35.0 Å². The number of amides is 1. The largest absolute Gasteiger partial charge is 0.381 e. The molecule has 0 bridgehead atoms. The Balaban J connectivity index is 1.83. The lowest BCUT2D eigenvalue weighted by molar-refractivity contribution is -0.384. The quantitative estimate of drug-likeness (QED) is 0.477. The van der Waals surface area contributed by atoms with Crippen LogP contribution in [-0.4, -0.2) is 51.3 Å². The Morgan fingerprint density at radius 3 is 2.44 bits per heavy atom. The number of nitrogens with zero attached hydrogens (tertiary/aromatic N) is 2. The summed E-state index contributed by atoms with van der Waals surface area (Å²) in [4.78, 5) is 23.6. The molecule has 1 heterocycles. The lowest BCUT2D eigenvalue weighted by Gasteiger charge is -2.38. The minimum Gasteiger partial charge on any atom is -0.381 e. The van der Waals surface area contributed by atoms with Gasteiger partial charge in [0, 0.05) is 37.3 Å². The van der Waals surface area contributed by atoms with Crippen molar-refractivity contribution in [1.82, 2.24) is 5.32 Å². The molecule has 2 aromatic rings. The summed E-state index contributed by atoms with van der Waals surface area (Å²) in [6.07, 6.45) is 2.43. The van der Waals surface area contributed by atoms with E-state index >= 15 is 0 Å². The molecule has 1 amide bonds. The summed E-state index contributed by atoms with van der Waals surface area (Å²) in [5.41, 5.74) is 0.591. The molecule has 0 aromatic heterocycles. The molecule has 9 nitrogen and oxygen atoms in total. The molecule has 1 aliphatic rings. The van der Waals surface area contributed by atoms with Gasteiger partial charge in [-0.15, -0.1) is 0 Å². The summed E-state index contributed by atoms with van der Waals surface area (Å²) in [7, 11) is -3.89. The number of non-ortho nitro benzene ring substituents is 1. The molecule has 1 atom stereocenters. The second kappa shape index (κ2) is 9.66. The first-order valence-electron chi connectivity index (χ1n) is 10.3. The third-order valence-electron chi connectivity index (χ3n) is 5.82. The number of nitro benzene ring substituents is 1. The maximum atomic E-state index is 13.1. The number of sulfonamides is 1. The number of nitrogens with one attached hydrogen (secondary N) is 1. The fourth-order valence-electron chi connectivity index (χ4n) is 4.08. The first-order valence-corrected chi connectivity index (χ1v) is 12.1. The lowest BCUT2D eigenvalue weighted by Crippen LogP contribution is -2.51. The first-order chi connectivity index (χ1) is 15.1. The Hall–Kier alpha value is -2.98. The van der Waals surface area contributed by atoms with Gasteiger partial charge in [-0.05, 0) is 31.4 Å². The van der Waals surface area contributed by atoms with Crippen LogP contribution in [0.3, 0.4) is 0 Å². The SMILES string of the molecule is C[C@@H](C(=O)NCC1(c2ccccc2)CCOCC1)N(c1cccc([N+](=O)[O-])c1)S(C)(=O)=O. The van der Waals surface area contributed by atoms with Crippen LogP contribution in [0.15, 0.2) is 54.6 Å². The van der Waals surface area contributed by atoms with Crippen LogP contribution in [0.5, 0.6) is 0 Å². The zero-order chi connectivity index (χ0) is 23.4. The van der Waals surface area contributed by atoms with Crippen LogP contribution in [0.25, 0.3) is 0 Å². The predicted octanol–water partition coefficient (Wildman–Crippen LogP) is 2.61. The zero-order valence-corrected chi connectivity index (χ0v) is 18.9. The Morgan fingerprint density at radius 2 is 1.84 bits per heavy atom. The van der Waals surface area contributed by atoms with Crippen LogP contribution in [0, 0.1) is 10.1 Å². The zero-order valence-electron chi connectivity index (χ0n) is 18.1. The van der Waals surface area contributed by atoms with Crippen molar-refractivity contribution in [2.75, 3.05) is 30.3 Å². The molecule has 10 heteroatoms. The Kier molecular flexibility index (Phi) is 7.15. The van der Waals surface area contributed by atoms with Crippen molar-refractivity contribution in [1.29, 1.82) is 0 Å². The summed E-state index contributed by atoms with van der Waals surface area (Å²) >= 11 is 0. The van der Waals surface area contributed by atoms with Crippen molar-refractivity contribution in [3.05, 3.63) is 70.3 Å². The highest BCUT2D eigenvalue weighted by Gasteiger charge is 2.36. The normalized spacial score (nSPS) is 16.7. The van der Waals surface area contributed by atoms with Gasteiger partial charge in [0.05, 0.1) is 16.9 Å². The fourth-order valence-corrected chi connectivity index (χ4v) is 5.24. The number of anilines is 1. The van der Waals surface area contributed by atoms with Gasteiger partial charge >= 0.3 is 0 Å². The average molecular weight is 462 g/mol. The lowest BCUT2D eigenvalue weighted by atomic mass is 9.74. The van der Waals surface area contributed by atoms with Crippen LogP contribution < -0.4 is 9.62 Å². The molecule has 32 heavy (non-hydrogen) atoms. The molecule has 0 saturated carbocycles. The molecule has 0 aliphatic carbocycles.